The fourth-order valence-corrected chi connectivity index (χ4v) is 3.30. The van der Waals surface area contributed by atoms with E-state index in [1.807, 2.05) is 0 Å². The van der Waals surface area contributed by atoms with E-state index in [9.17, 15) is 8.42 Å². The quantitative estimate of drug-likeness (QED) is 0.790. The molecule has 2 rings (SSSR count). The zero-order valence-corrected chi connectivity index (χ0v) is 14.4. The standard InChI is InChI=1S/C17H17ClO4S/c1-21-16-4-3-5-17(22-2)15(16)10-11-23(19,20)12-13-6-8-14(18)9-7-13/h3-11H,12H2,1-2H3. The highest BCUT2D eigenvalue weighted by Crippen LogP contribution is 2.30. The fourth-order valence-electron chi connectivity index (χ4n) is 2.08. The topological polar surface area (TPSA) is 52.6 Å². The number of benzene rings is 2. The minimum absolute atomic E-state index is 0.0991. The molecule has 4 nitrogen and oxygen atoms in total. The summed E-state index contributed by atoms with van der Waals surface area (Å²) in [5.41, 5.74) is 1.25. The fraction of sp³-hybridized carbons (Fsp3) is 0.176. The summed E-state index contributed by atoms with van der Waals surface area (Å²) < 4.78 is 35.0. The molecule has 0 heterocycles. The second kappa shape index (κ2) is 7.53. The van der Waals surface area contributed by atoms with Gasteiger partial charge >= 0.3 is 0 Å². The van der Waals surface area contributed by atoms with Crippen molar-refractivity contribution in [2.45, 2.75) is 5.75 Å². The minimum atomic E-state index is -3.43. The van der Waals surface area contributed by atoms with E-state index in [1.54, 1.807) is 42.5 Å². The first-order chi connectivity index (χ1) is 10.9. The van der Waals surface area contributed by atoms with Gasteiger partial charge in [-0.2, -0.15) is 0 Å². The molecule has 122 valence electrons. The molecule has 2 aromatic carbocycles. The number of rotatable bonds is 6. The first-order valence-electron chi connectivity index (χ1n) is 6.81. The van der Waals surface area contributed by atoms with Gasteiger partial charge in [-0.05, 0) is 35.9 Å². The van der Waals surface area contributed by atoms with Crippen LogP contribution in [0.15, 0.2) is 47.9 Å². The zero-order chi connectivity index (χ0) is 16.9. The van der Waals surface area contributed by atoms with Gasteiger partial charge in [0.15, 0.2) is 9.84 Å². The van der Waals surface area contributed by atoms with E-state index in [0.717, 1.165) is 0 Å². The number of halogens is 1. The van der Waals surface area contributed by atoms with Gasteiger partial charge in [-0.15, -0.1) is 0 Å². The van der Waals surface area contributed by atoms with Crippen molar-refractivity contribution in [2.75, 3.05) is 14.2 Å². The van der Waals surface area contributed by atoms with Crippen molar-refractivity contribution in [1.82, 2.24) is 0 Å². The second-order valence-electron chi connectivity index (χ2n) is 4.81. The van der Waals surface area contributed by atoms with Crippen LogP contribution in [0.1, 0.15) is 11.1 Å². The van der Waals surface area contributed by atoms with Gasteiger partial charge in [0.1, 0.15) is 11.5 Å². The third-order valence-electron chi connectivity index (χ3n) is 3.19. The summed E-state index contributed by atoms with van der Waals surface area (Å²) in [6.45, 7) is 0. The summed E-state index contributed by atoms with van der Waals surface area (Å²) in [6.07, 6.45) is 1.49. The van der Waals surface area contributed by atoms with E-state index in [4.69, 9.17) is 21.1 Å². The highest BCUT2D eigenvalue weighted by molar-refractivity contribution is 7.93. The molecule has 0 saturated carbocycles. The molecule has 23 heavy (non-hydrogen) atoms. The van der Waals surface area contributed by atoms with Crippen molar-refractivity contribution in [3.63, 3.8) is 0 Å². The molecule has 0 aromatic heterocycles. The van der Waals surface area contributed by atoms with Gasteiger partial charge in [0, 0.05) is 10.4 Å². The van der Waals surface area contributed by atoms with Crippen molar-refractivity contribution < 1.29 is 17.9 Å². The number of methoxy groups -OCH3 is 2. The van der Waals surface area contributed by atoms with Crippen LogP contribution in [0.4, 0.5) is 0 Å². The van der Waals surface area contributed by atoms with E-state index in [0.29, 0.717) is 27.6 Å². The number of hydrogen-bond acceptors (Lipinski definition) is 4. The minimum Gasteiger partial charge on any atom is -0.496 e. The molecule has 0 N–H and O–H groups in total. The molecule has 0 saturated heterocycles. The molecule has 0 aliphatic rings. The highest BCUT2D eigenvalue weighted by Gasteiger charge is 2.11. The molecule has 0 aliphatic heterocycles. The van der Waals surface area contributed by atoms with E-state index in [2.05, 4.69) is 0 Å². The number of hydrogen-bond donors (Lipinski definition) is 0. The van der Waals surface area contributed by atoms with Gasteiger partial charge in [-0.25, -0.2) is 8.42 Å². The number of ether oxygens (including phenoxy) is 2. The molecule has 0 aliphatic carbocycles. The van der Waals surface area contributed by atoms with Gasteiger partial charge in [0.2, 0.25) is 0 Å². The summed E-state index contributed by atoms with van der Waals surface area (Å²) in [6, 6.07) is 12.0. The van der Waals surface area contributed by atoms with Crippen LogP contribution in [0.25, 0.3) is 6.08 Å². The summed E-state index contributed by atoms with van der Waals surface area (Å²) in [5, 5.41) is 1.74. The average Bonchev–Trinajstić information content (AvgIpc) is 2.54. The van der Waals surface area contributed by atoms with Crippen molar-refractivity contribution in [3.8, 4) is 11.5 Å². The first kappa shape index (κ1) is 17.4. The van der Waals surface area contributed by atoms with Crippen molar-refractivity contribution in [3.05, 3.63) is 64.0 Å². The van der Waals surface area contributed by atoms with Gasteiger partial charge in [0.05, 0.1) is 25.5 Å². The maximum Gasteiger partial charge on any atom is 0.175 e. The Labute approximate surface area is 141 Å². The first-order valence-corrected chi connectivity index (χ1v) is 8.91. The Morgan fingerprint density at radius 2 is 1.57 bits per heavy atom. The Bertz CT molecular complexity index is 774. The van der Waals surface area contributed by atoms with Gasteiger partial charge in [0.25, 0.3) is 0 Å². The van der Waals surface area contributed by atoms with Crippen LogP contribution in [0.3, 0.4) is 0 Å². The van der Waals surface area contributed by atoms with Crippen LogP contribution in [-0.4, -0.2) is 22.6 Å². The third kappa shape index (κ3) is 4.74. The lowest BCUT2D eigenvalue weighted by atomic mass is 10.2. The molecule has 2 aromatic rings. The normalized spacial score (nSPS) is 11.6. The Kier molecular flexibility index (Phi) is 5.69. The monoisotopic (exact) mass is 352 g/mol. The van der Waals surface area contributed by atoms with Gasteiger partial charge < -0.3 is 9.47 Å². The SMILES string of the molecule is COc1cccc(OC)c1C=CS(=O)(=O)Cc1ccc(Cl)cc1. The highest BCUT2D eigenvalue weighted by atomic mass is 35.5. The smallest absolute Gasteiger partial charge is 0.175 e. The van der Waals surface area contributed by atoms with Crippen LogP contribution in [-0.2, 0) is 15.6 Å². The molecular weight excluding hydrogens is 336 g/mol. The van der Waals surface area contributed by atoms with Crippen LogP contribution >= 0.6 is 11.6 Å². The molecule has 0 fully saturated rings. The molecule has 0 spiro atoms. The Morgan fingerprint density at radius 3 is 2.09 bits per heavy atom. The predicted molar refractivity (Wildman–Crippen MR) is 92.7 cm³/mol. The van der Waals surface area contributed by atoms with Gasteiger partial charge in [-0.1, -0.05) is 29.8 Å². The van der Waals surface area contributed by atoms with Gasteiger partial charge in [-0.3, -0.25) is 0 Å². The lowest BCUT2D eigenvalue weighted by Crippen LogP contribution is -2.00. The summed E-state index contributed by atoms with van der Waals surface area (Å²) in [5.74, 6) is 0.989. The van der Waals surface area contributed by atoms with E-state index >= 15 is 0 Å². The number of sulfone groups is 1. The Hall–Kier alpha value is -1.98. The summed E-state index contributed by atoms with van der Waals surface area (Å²) >= 11 is 5.80. The van der Waals surface area contributed by atoms with Crippen molar-refractivity contribution in [1.29, 1.82) is 0 Å². The van der Waals surface area contributed by atoms with Crippen molar-refractivity contribution in [2.24, 2.45) is 0 Å². The maximum atomic E-state index is 12.3. The lowest BCUT2D eigenvalue weighted by Gasteiger charge is -2.09. The van der Waals surface area contributed by atoms with Crippen LogP contribution in [0.5, 0.6) is 11.5 Å². The van der Waals surface area contributed by atoms with E-state index in [1.165, 1.54) is 25.7 Å². The maximum absolute atomic E-state index is 12.3. The summed E-state index contributed by atoms with van der Waals surface area (Å²) in [7, 11) is -0.386. The lowest BCUT2D eigenvalue weighted by molar-refractivity contribution is 0.392. The molecule has 0 radical (unpaired) electrons. The predicted octanol–water partition coefficient (Wildman–Crippen LogP) is 3.94. The average molecular weight is 353 g/mol. The Morgan fingerprint density at radius 1 is 1.00 bits per heavy atom. The van der Waals surface area contributed by atoms with Crippen LogP contribution in [0.2, 0.25) is 5.02 Å². The molecule has 6 heteroatoms. The van der Waals surface area contributed by atoms with E-state index < -0.39 is 9.84 Å². The largest absolute Gasteiger partial charge is 0.496 e. The molecule has 0 unspecified atom stereocenters. The second-order valence-corrected chi connectivity index (χ2v) is 7.14. The van der Waals surface area contributed by atoms with Crippen LogP contribution < -0.4 is 9.47 Å². The molecule has 0 bridgehead atoms. The molecule has 0 atom stereocenters. The third-order valence-corrected chi connectivity index (χ3v) is 4.73. The van der Waals surface area contributed by atoms with E-state index in [-0.39, 0.29) is 5.75 Å². The molecular formula is C17H17ClO4S. The van der Waals surface area contributed by atoms with Crippen molar-refractivity contribution >= 4 is 27.5 Å². The summed E-state index contributed by atoms with van der Waals surface area (Å²) in [4.78, 5) is 0. The molecule has 0 amide bonds. The Balaban J connectivity index is 2.26. The zero-order valence-electron chi connectivity index (χ0n) is 12.8. The van der Waals surface area contributed by atoms with Crippen LogP contribution in [0, 0.1) is 0 Å².